The van der Waals surface area contributed by atoms with Gasteiger partial charge in [0.2, 0.25) is 5.91 Å². The van der Waals surface area contributed by atoms with Crippen LogP contribution >= 0.6 is 11.6 Å². The minimum Gasteiger partial charge on any atom is -0.497 e. The first-order valence-electron chi connectivity index (χ1n) is 7.30. The summed E-state index contributed by atoms with van der Waals surface area (Å²) in [6, 6.07) is 14.1. The Balaban J connectivity index is 2.09. The molecule has 5 heteroatoms. The van der Waals surface area contributed by atoms with Gasteiger partial charge in [0.1, 0.15) is 5.75 Å². The van der Waals surface area contributed by atoms with Crippen LogP contribution in [0.4, 0.5) is 0 Å². The van der Waals surface area contributed by atoms with Crippen molar-refractivity contribution < 1.29 is 14.6 Å². The van der Waals surface area contributed by atoms with Gasteiger partial charge in [0.25, 0.3) is 0 Å². The summed E-state index contributed by atoms with van der Waals surface area (Å²) in [6.07, 6.45) is 0.264. The summed E-state index contributed by atoms with van der Waals surface area (Å²) in [4.78, 5) is 14.0. The molecule has 0 aliphatic carbocycles. The number of carbonyl (C=O) groups excluding carboxylic acids is 1. The second-order valence-corrected chi connectivity index (χ2v) is 5.72. The van der Waals surface area contributed by atoms with Crippen LogP contribution in [0.1, 0.15) is 17.2 Å². The van der Waals surface area contributed by atoms with Crippen molar-refractivity contribution in [2.75, 3.05) is 20.8 Å². The Kier molecular flexibility index (Phi) is 6.02. The molecular weight excluding hydrogens is 314 g/mol. The lowest BCUT2D eigenvalue weighted by atomic mass is 10.0. The van der Waals surface area contributed by atoms with Gasteiger partial charge in [0, 0.05) is 12.1 Å². The van der Waals surface area contributed by atoms with E-state index in [1.54, 1.807) is 31.2 Å². The summed E-state index contributed by atoms with van der Waals surface area (Å²) in [5.74, 6) is 0.669. The zero-order valence-electron chi connectivity index (χ0n) is 13.2. The molecule has 4 nitrogen and oxygen atoms in total. The maximum absolute atomic E-state index is 12.5. The van der Waals surface area contributed by atoms with Gasteiger partial charge in [0.15, 0.2) is 0 Å². The van der Waals surface area contributed by atoms with Crippen molar-refractivity contribution in [2.24, 2.45) is 0 Å². The fourth-order valence-corrected chi connectivity index (χ4v) is 2.48. The Hall–Kier alpha value is -2.04. The Labute approximate surface area is 141 Å². The summed E-state index contributed by atoms with van der Waals surface area (Å²) in [7, 11) is 3.30. The summed E-state index contributed by atoms with van der Waals surface area (Å²) < 4.78 is 5.13. The van der Waals surface area contributed by atoms with Gasteiger partial charge in [-0.25, -0.2) is 0 Å². The monoisotopic (exact) mass is 333 g/mol. The average Bonchev–Trinajstić information content (AvgIpc) is 2.58. The first-order chi connectivity index (χ1) is 11.0. The number of hydrogen-bond donors (Lipinski definition) is 1. The molecule has 1 amide bonds. The molecule has 122 valence electrons. The highest BCUT2D eigenvalue weighted by molar-refractivity contribution is 6.30. The van der Waals surface area contributed by atoms with Crippen molar-refractivity contribution in [3.05, 3.63) is 64.7 Å². The van der Waals surface area contributed by atoms with Crippen LogP contribution in [-0.4, -0.2) is 36.7 Å². The van der Waals surface area contributed by atoms with Gasteiger partial charge >= 0.3 is 0 Å². The van der Waals surface area contributed by atoms with Gasteiger partial charge < -0.3 is 14.7 Å². The molecule has 0 aliphatic rings. The van der Waals surface area contributed by atoms with Crippen molar-refractivity contribution >= 4 is 17.5 Å². The number of hydrogen-bond acceptors (Lipinski definition) is 3. The van der Waals surface area contributed by atoms with E-state index in [-0.39, 0.29) is 25.0 Å². The predicted octanol–water partition coefficient (Wildman–Crippen LogP) is 3.08. The van der Waals surface area contributed by atoms with E-state index in [4.69, 9.17) is 16.3 Å². The number of methoxy groups -OCH3 is 1. The van der Waals surface area contributed by atoms with Crippen LogP contribution in [0.3, 0.4) is 0 Å². The van der Waals surface area contributed by atoms with E-state index in [9.17, 15) is 9.90 Å². The first-order valence-corrected chi connectivity index (χ1v) is 7.68. The maximum Gasteiger partial charge on any atom is 0.227 e. The van der Waals surface area contributed by atoms with Crippen molar-refractivity contribution in [3.8, 4) is 5.75 Å². The van der Waals surface area contributed by atoms with Gasteiger partial charge in [-0.15, -0.1) is 0 Å². The molecule has 0 aromatic heterocycles. The third kappa shape index (κ3) is 4.47. The first kappa shape index (κ1) is 17.3. The van der Waals surface area contributed by atoms with Crippen LogP contribution in [0.25, 0.3) is 0 Å². The lowest BCUT2D eigenvalue weighted by Crippen LogP contribution is -2.34. The van der Waals surface area contributed by atoms with Gasteiger partial charge in [-0.3, -0.25) is 4.79 Å². The average molecular weight is 334 g/mol. The van der Waals surface area contributed by atoms with E-state index in [1.165, 1.54) is 0 Å². The highest BCUT2D eigenvalue weighted by atomic mass is 35.5. The minimum atomic E-state index is -0.388. The summed E-state index contributed by atoms with van der Waals surface area (Å²) in [6.45, 7) is -0.144. The Morgan fingerprint density at radius 1 is 1.17 bits per heavy atom. The van der Waals surface area contributed by atoms with E-state index in [1.807, 2.05) is 36.4 Å². The van der Waals surface area contributed by atoms with Gasteiger partial charge in [-0.2, -0.15) is 0 Å². The molecule has 1 unspecified atom stereocenters. The maximum atomic E-state index is 12.5. The fraction of sp³-hybridized carbons (Fsp3) is 0.278. The highest BCUT2D eigenvalue weighted by Gasteiger charge is 2.21. The molecule has 0 radical (unpaired) electrons. The molecule has 23 heavy (non-hydrogen) atoms. The number of halogens is 1. The molecule has 0 saturated heterocycles. The molecule has 2 rings (SSSR count). The van der Waals surface area contributed by atoms with Crippen LogP contribution in [0.5, 0.6) is 5.75 Å². The minimum absolute atomic E-state index is 0.0674. The van der Waals surface area contributed by atoms with Gasteiger partial charge in [0.05, 0.1) is 26.2 Å². The Morgan fingerprint density at radius 3 is 2.30 bits per heavy atom. The lowest BCUT2D eigenvalue weighted by Gasteiger charge is -2.27. The summed E-state index contributed by atoms with van der Waals surface area (Å²) >= 11 is 5.85. The van der Waals surface area contributed by atoms with Crippen molar-refractivity contribution in [1.82, 2.24) is 4.90 Å². The van der Waals surface area contributed by atoms with E-state index in [0.29, 0.717) is 5.02 Å². The molecular formula is C18H20ClNO3. The van der Waals surface area contributed by atoms with Crippen molar-refractivity contribution in [3.63, 3.8) is 0 Å². The number of carbonyl (C=O) groups is 1. The Bertz CT molecular complexity index is 640. The molecule has 0 aliphatic heterocycles. The van der Waals surface area contributed by atoms with Gasteiger partial charge in [-0.1, -0.05) is 35.9 Å². The van der Waals surface area contributed by atoms with Crippen molar-refractivity contribution in [1.29, 1.82) is 0 Å². The number of benzene rings is 2. The smallest absolute Gasteiger partial charge is 0.227 e. The zero-order valence-corrected chi connectivity index (χ0v) is 14.0. The van der Waals surface area contributed by atoms with Gasteiger partial charge in [-0.05, 0) is 35.4 Å². The topological polar surface area (TPSA) is 49.8 Å². The summed E-state index contributed by atoms with van der Waals surface area (Å²) in [5, 5.41) is 10.3. The Morgan fingerprint density at radius 2 is 1.78 bits per heavy atom. The van der Waals surface area contributed by atoms with Crippen molar-refractivity contribution in [2.45, 2.75) is 12.5 Å². The van der Waals surface area contributed by atoms with Crippen LogP contribution in [-0.2, 0) is 11.2 Å². The predicted molar refractivity (Wildman–Crippen MR) is 90.7 cm³/mol. The molecule has 1 N–H and O–H groups in total. The van der Waals surface area contributed by atoms with Crippen LogP contribution < -0.4 is 4.74 Å². The second kappa shape index (κ2) is 7.99. The number of aliphatic hydroxyl groups excluding tert-OH is 1. The van der Waals surface area contributed by atoms with Crippen LogP contribution in [0.2, 0.25) is 5.02 Å². The van der Waals surface area contributed by atoms with Crippen LogP contribution in [0.15, 0.2) is 48.5 Å². The summed E-state index contributed by atoms with van der Waals surface area (Å²) in [5.41, 5.74) is 1.75. The fourth-order valence-electron chi connectivity index (χ4n) is 2.35. The molecule has 1 atom stereocenters. The number of likely N-dealkylation sites (N-methyl/N-ethyl adjacent to an activating group) is 1. The SMILES string of the molecule is COc1ccc(C(CO)N(C)C(=O)Cc2ccc(Cl)cc2)cc1. The lowest BCUT2D eigenvalue weighted by molar-refractivity contribution is -0.132. The molecule has 0 bridgehead atoms. The third-order valence-electron chi connectivity index (χ3n) is 3.80. The zero-order chi connectivity index (χ0) is 16.8. The molecule has 0 fully saturated rings. The van der Waals surface area contributed by atoms with E-state index in [2.05, 4.69) is 0 Å². The highest BCUT2D eigenvalue weighted by Crippen LogP contribution is 2.22. The second-order valence-electron chi connectivity index (χ2n) is 5.28. The van der Waals surface area contributed by atoms with E-state index >= 15 is 0 Å². The molecule has 0 saturated carbocycles. The molecule has 2 aromatic carbocycles. The third-order valence-corrected chi connectivity index (χ3v) is 4.05. The van der Waals surface area contributed by atoms with E-state index < -0.39 is 0 Å². The number of rotatable bonds is 6. The molecule has 2 aromatic rings. The number of amides is 1. The molecule has 0 spiro atoms. The number of ether oxygens (including phenoxy) is 1. The largest absolute Gasteiger partial charge is 0.497 e. The quantitative estimate of drug-likeness (QED) is 0.883. The van der Waals surface area contributed by atoms with Crippen LogP contribution in [0, 0.1) is 0 Å². The van der Waals surface area contributed by atoms with E-state index in [0.717, 1.165) is 16.9 Å². The number of nitrogens with zero attached hydrogens (tertiary/aromatic N) is 1. The standard InChI is InChI=1S/C18H20ClNO3/c1-20(18(22)11-13-3-7-15(19)8-4-13)17(12-21)14-5-9-16(23-2)10-6-14/h3-10,17,21H,11-12H2,1-2H3. The normalized spacial score (nSPS) is 11.8. The molecule has 0 heterocycles. The number of aliphatic hydroxyl groups is 1.